The minimum atomic E-state index is -0.874. The molecule has 0 bridgehead atoms. The van der Waals surface area contributed by atoms with Gasteiger partial charge in [0.2, 0.25) is 0 Å². The molecule has 1 unspecified atom stereocenters. The molecule has 0 saturated heterocycles. The molecule has 0 amide bonds. The summed E-state index contributed by atoms with van der Waals surface area (Å²) >= 11 is 0. The number of nitrogens with zero attached hydrogens (tertiary/aromatic N) is 3. The van der Waals surface area contributed by atoms with Crippen LogP contribution in [0.4, 0.5) is 0 Å². The van der Waals surface area contributed by atoms with Gasteiger partial charge in [-0.25, -0.2) is 14.8 Å². The standard InChI is InChI=1S/C12H15N3O2/c1-4-10-14-9-5-7(2)6-13-11(9)15(10)8(3)12(16)17/h5-6,8H,4H2,1-3H3,(H,16,17). The average Bonchev–Trinajstić information content (AvgIpc) is 2.65. The fourth-order valence-electron chi connectivity index (χ4n) is 1.90. The van der Waals surface area contributed by atoms with Gasteiger partial charge in [0.25, 0.3) is 0 Å². The highest BCUT2D eigenvalue weighted by Gasteiger charge is 2.20. The molecule has 90 valence electrons. The number of fused-ring (bicyclic) bond motifs is 1. The second-order valence-corrected chi connectivity index (χ2v) is 4.12. The summed E-state index contributed by atoms with van der Waals surface area (Å²) in [5.74, 6) is -0.116. The zero-order chi connectivity index (χ0) is 12.6. The van der Waals surface area contributed by atoms with Gasteiger partial charge in [0, 0.05) is 12.6 Å². The van der Waals surface area contributed by atoms with Gasteiger partial charge in [-0.2, -0.15) is 0 Å². The number of hydrogen-bond acceptors (Lipinski definition) is 3. The van der Waals surface area contributed by atoms with E-state index in [-0.39, 0.29) is 0 Å². The fourth-order valence-corrected chi connectivity index (χ4v) is 1.90. The minimum Gasteiger partial charge on any atom is -0.480 e. The Morgan fingerprint density at radius 2 is 2.29 bits per heavy atom. The second-order valence-electron chi connectivity index (χ2n) is 4.12. The largest absolute Gasteiger partial charge is 0.480 e. The predicted octanol–water partition coefficient (Wildman–Crippen LogP) is 1.95. The van der Waals surface area contributed by atoms with E-state index in [0.717, 1.165) is 16.9 Å². The first-order valence-electron chi connectivity index (χ1n) is 5.60. The Kier molecular flexibility index (Phi) is 2.83. The smallest absolute Gasteiger partial charge is 0.326 e. The van der Waals surface area contributed by atoms with E-state index in [9.17, 15) is 4.79 Å². The summed E-state index contributed by atoms with van der Waals surface area (Å²) in [6.07, 6.45) is 2.42. The number of aromatic nitrogens is 3. The number of aryl methyl sites for hydroxylation is 2. The molecule has 2 aromatic heterocycles. The Labute approximate surface area is 99.1 Å². The maximum absolute atomic E-state index is 11.1. The summed E-state index contributed by atoms with van der Waals surface area (Å²) in [7, 11) is 0. The van der Waals surface area contributed by atoms with Gasteiger partial charge in [0.05, 0.1) is 0 Å². The van der Waals surface area contributed by atoms with Gasteiger partial charge in [0.1, 0.15) is 17.4 Å². The number of rotatable bonds is 3. The Morgan fingerprint density at radius 1 is 1.59 bits per heavy atom. The lowest BCUT2D eigenvalue weighted by Gasteiger charge is -2.11. The Hall–Kier alpha value is -1.91. The zero-order valence-corrected chi connectivity index (χ0v) is 10.1. The summed E-state index contributed by atoms with van der Waals surface area (Å²) in [6, 6.07) is 1.28. The highest BCUT2D eigenvalue weighted by molar-refractivity contribution is 5.77. The van der Waals surface area contributed by atoms with Crippen molar-refractivity contribution in [2.45, 2.75) is 33.2 Å². The first-order valence-corrected chi connectivity index (χ1v) is 5.60. The maximum atomic E-state index is 11.1. The van der Waals surface area contributed by atoms with E-state index in [2.05, 4.69) is 9.97 Å². The van der Waals surface area contributed by atoms with E-state index in [1.807, 2.05) is 19.9 Å². The van der Waals surface area contributed by atoms with Gasteiger partial charge in [-0.3, -0.25) is 4.57 Å². The number of imidazole rings is 1. The molecule has 2 aromatic rings. The lowest BCUT2D eigenvalue weighted by molar-refractivity contribution is -0.140. The number of carboxylic acids is 1. The number of pyridine rings is 1. The molecular weight excluding hydrogens is 218 g/mol. The second kappa shape index (κ2) is 4.16. The fraction of sp³-hybridized carbons (Fsp3) is 0.417. The summed E-state index contributed by atoms with van der Waals surface area (Å²) in [6.45, 7) is 5.54. The normalized spacial score (nSPS) is 12.9. The molecule has 0 fully saturated rings. The van der Waals surface area contributed by atoms with Crippen LogP contribution in [0.3, 0.4) is 0 Å². The van der Waals surface area contributed by atoms with E-state index in [1.54, 1.807) is 17.7 Å². The van der Waals surface area contributed by atoms with Crippen LogP contribution in [0.1, 0.15) is 31.3 Å². The molecule has 2 rings (SSSR count). The van der Waals surface area contributed by atoms with Crippen molar-refractivity contribution in [2.24, 2.45) is 0 Å². The molecule has 0 aromatic carbocycles. The molecule has 0 aliphatic carbocycles. The molecule has 1 atom stereocenters. The van der Waals surface area contributed by atoms with Crippen LogP contribution in [0.2, 0.25) is 0 Å². The summed E-state index contributed by atoms with van der Waals surface area (Å²) < 4.78 is 1.69. The number of hydrogen-bond donors (Lipinski definition) is 1. The molecule has 0 aliphatic rings. The SMILES string of the molecule is CCc1nc2cc(C)cnc2n1C(C)C(=O)O. The molecule has 5 heteroatoms. The molecule has 17 heavy (non-hydrogen) atoms. The van der Waals surface area contributed by atoms with Crippen molar-refractivity contribution in [3.63, 3.8) is 0 Å². The van der Waals surface area contributed by atoms with Crippen LogP contribution in [0.25, 0.3) is 11.2 Å². The van der Waals surface area contributed by atoms with Crippen LogP contribution in [0.15, 0.2) is 12.3 Å². The van der Waals surface area contributed by atoms with Crippen LogP contribution in [-0.2, 0) is 11.2 Å². The highest BCUT2D eigenvalue weighted by Crippen LogP contribution is 2.20. The average molecular weight is 233 g/mol. The lowest BCUT2D eigenvalue weighted by Crippen LogP contribution is -2.18. The molecule has 0 saturated carbocycles. The topological polar surface area (TPSA) is 68.0 Å². The summed E-state index contributed by atoms with van der Waals surface area (Å²) in [5, 5.41) is 9.11. The van der Waals surface area contributed by atoms with Crippen molar-refractivity contribution >= 4 is 17.1 Å². The first kappa shape index (κ1) is 11.6. The van der Waals surface area contributed by atoms with Gasteiger partial charge >= 0.3 is 5.97 Å². The molecule has 0 spiro atoms. The van der Waals surface area contributed by atoms with Gasteiger partial charge in [-0.05, 0) is 25.5 Å². The number of aliphatic carboxylic acids is 1. The van der Waals surface area contributed by atoms with Crippen molar-refractivity contribution in [1.29, 1.82) is 0 Å². The van der Waals surface area contributed by atoms with Gasteiger partial charge in [0.15, 0.2) is 5.65 Å². The van der Waals surface area contributed by atoms with Crippen LogP contribution in [0, 0.1) is 6.92 Å². The Balaban J connectivity index is 2.70. The van der Waals surface area contributed by atoms with E-state index < -0.39 is 12.0 Å². The summed E-state index contributed by atoms with van der Waals surface area (Å²) in [4.78, 5) is 19.8. The van der Waals surface area contributed by atoms with Crippen molar-refractivity contribution in [2.75, 3.05) is 0 Å². The van der Waals surface area contributed by atoms with Crippen LogP contribution < -0.4 is 0 Å². The predicted molar refractivity (Wildman–Crippen MR) is 64.0 cm³/mol. The third kappa shape index (κ3) is 1.88. The maximum Gasteiger partial charge on any atom is 0.326 e. The Morgan fingerprint density at radius 3 is 2.88 bits per heavy atom. The van der Waals surface area contributed by atoms with E-state index in [0.29, 0.717) is 12.1 Å². The van der Waals surface area contributed by atoms with Gasteiger partial charge < -0.3 is 5.11 Å². The molecule has 5 nitrogen and oxygen atoms in total. The third-order valence-corrected chi connectivity index (χ3v) is 2.80. The first-order chi connectivity index (χ1) is 8.04. The molecular formula is C12H15N3O2. The van der Waals surface area contributed by atoms with E-state index in [4.69, 9.17) is 5.11 Å². The van der Waals surface area contributed by atoms with E-state index >= 15 is 0 Å². The number of carbonyl (C=O) groups is 1. The van der Waals surface area contributed by atoms with Crippen LogP contribution >= 0.6 is 0 Å². The van der Waals surface area contributed by atoms with Crippen molar-refractivity contribution < 1.29 is 9.90 Å². The molecule has 1 N–H and O–H groups in total. The summed E-state index contributed by atoms with van der Waals surface area (Å²) in [5.41, 5.74) is 2.42. The van der Waals surface area contributed by atoms with Crippen molar-refractivity contribution in [1.82, 2.24) is 14.5 Å². The molecule has 2 heterocycles. The van der Waals surface area contributed by atoms with Crippen LogP contribution in [0.5, 0.6) is 0 Å². The van der Waals surface area contributed by atoms with Gasteiger partial charge in [-0.15, -0.1) is 0 Å². The zero-order valence-electron chi connectivity index (χ0n) is 10.1. The quantitative estimate of drug-likeness (QED) is 0.879. The minimum absolute atomic E-state index is 0.641. The lowest BCUT2D eigenvalue weighted by atomic mass is 10.3. The van der Waals surface area contributed by atoms with Crippen LogP contribution in [-0.4, -0.2) is 25.6 Å². The third-order valence-electron chi connectivity index (χ3n) is 2.80. The molecule has 0 radical (unpaired) electrons. The highest BCUT2D eigenvalue weighted by atomic mass is 16.4. The van der Waals surface area contributed by atoms with E-state index in [1.165, 1.54) is 0 Å². The van der Waals surface area contributed by atoms with Crippen molar-refractivity contribution in [3.8, 4) is 0 Å². The van der Waals surface area contributed by atoms with Crippen molar-refractivity contribution in [3.05, 3.63) is 23.7 Å². The monoisotopic (exact) mass is 233 g/mol. The Bertz CT molecular complexity index is 574. The number of carboxylic acid groups (broad SMARTS) is 1. The van der Waals surface area contributed by atoms with Gasteiger partial charge in [-0.1, -0.05) is 6.92 Å². The molecule has 0 aliphatic heterocycles.